The van der Waals surface area contributed by atoms with Gasteiger partial charge in [-0.1, -0.05) is 12.1 Å². The van der Waals surface area contributed by atoms with Crippen LogP contribution < -0.4 is 10.1 Å². The molecule has 4 heteroatoms. The average molecular weight is 251 g/mol. The molecule has 0 aliphatic rings. The zero-order valence-corrected chi connectivity index (χ0v) is 11.5. The lowest BCUT2D eigenvalue weighted by atomic mass is 10.0. The van der Waals surface area contributed by atoms with E-state index < -0.39 is 0 Å². The van der Waals surface area contributed by atoms with Gasteiger partial charge in [0, 0.05) is 0 Å². The molecule has 0 unspecified atom stereocenters. The molecule has 1 aromatic rings. The topological polar surface area (TPSA) is 47.6 Å². The predicted molar refractivity (Wildman–Crippen MR) is 71.1 cm³/mol. The molecule has 4 nitrogen and oxygen atoms in total. The molecule has 0 saturated carbocycles. The van der Waals surface area contributed by atoms with E-state index in [4.69, 9.17) is 4.74 Å². The van der Waals surface area contributed by atoms with Crippen LogP contribution in [0.4, 0.5) is 0 Å². The van der Waals surface area contributed by atoms with Crippen molar-refractivity contribution in [3.8, 4) is 5.75 Å². The third-order valence-electron chi connectivity index (χ3n) is 2.81. The lowest BCUT2D eigenvalue weighted by molar-refractivity contribution is -0.139. The fourth-order valence-electron chi connectivity index (χ4n) is 2.00. The van der Waals surface area contributed by atoms with E-state index in [0.29, 0.717) is 0 Å². The standard InChI is InChI=1S/C14H21NO3/c1-10-7-12(8-11(2)14(10)18-4)5-6-15-9-13(16)17-3/h7-8,15H,5-6,9H2,1-4H3. The minimum atomic E-state index is -0.239. The first-order valence-corrected chi connectivity index (χ1v) is 6.00. The number of carbonyl (C=O) groups excluding carboxylic acids is 1. The van der Waals surface area contributed by atoms with Gasteiger partial charge in [-0.2, -0.15) is 0 Å². The van der Waals surface area contributed by atoms with Crippen molar-refractivity contribution in [1.82, 2.24) is 5.32 Å². The van der Waals surface area contributed by atoms with Gasteiger partial charge in [-0.3, -0.25) is 4.79 Å². The molecule has 0 saturated heterocycles. The number of esters is 1. The number of hydrogen-bond acceptors (Lipinski definition) is 4. The van der Waals surface area contributed by atoms with E-state index in [9.17, 15) is 4.79 Å². The van der Waals surface area contributed by atoms with Crippen LogP contribution in [0.2, 0.25) is 0 Å². The Morgan fingerprint density at radius 2 is 1.83 bits per heavy atom. The van der Waals surface area contributed by atoms with Crippen molar-refractivity contribution in [3.05, 3.63) is 28.8 Å². The van der Waals surface area contributed by atoms with Crippen molar-refractivity contribution in [2.75, 3.05) is 27.3 Å². The first-order valence-electron chi connectivity index (χ1n) is 6.00. The Balaban J connectivity index is 2.51. The molecule has 18 heavy (non-hydrogen) atoms. The number of benzene rings is 1. The van der Waals surface area contributed by atoms with E-state index in [2.05, 4.69) is 22.2 Å². The van der Waals surface area contributed by atoms with E-state index in [1.165, 1.54) is 12.7 Å². The van der Waals surface area contributed by atoms with Crippen LogP contribution in [0.1, 0.15) is 16.7 Å². The summed E-state index contributed by atoms with van der Waals surface area (Å²) < 4.78 is 9.88. The van der Waals surface area contributed by atoms with Gasteiger partial charge < -0.3 is 14.8 Å². The molecule has 100 valence electrons. The summed E-state index contributed by atoms with van der Waals surface area (Å²) in [4.78, 5) is 10.9. The van der Waals surface area contributed by atoms with Crippen LogP contribution in [-0.4, -0.2) is 33.3 Å². The first kappa shape index (κ1) is 14.5. The van der Waals surface area contributed by atoms with Gasteiger partial charge in [-0.05, 0) is 43.5 Å². The number of rotatable bonds is 6. The maximum atomic E-state index is 10.9. The second-order valence-electron chi connectivity index (χ2n) is 4.27. The van der Waals surface area contributed by atoms with Gasteiger partial charge in [-0.15, -0.1) is 0 Å². The molecular formula is C14H21NO3. The fraction of sp³-hybridized carbons (Fsp3) is 0.500. The highest BCUT2D eigenvalue weighted by Gasteiger charge is 2.05. The van der Waals surface area contributed by atoms with Crippen molar-refractivity contribution in [2.24, 2.45) is 0 Å². The predicted octanol–water partition coefficient (Wildman–Crippen LogP) is 1.62. The molecule has 0 bridgehead atoms. The number of carbonyl (C=O) groups is 1. The molecule has 0 aliphatic heterocycles. The number of methoxy groups -OCH3 is 2. The molecular weight excluding hydrogens is 230 g/mol. The summed E-state index contributed by atoms with van der Waals surface area (Å²) in [6.45, 7) is 5.08. The Hall–Kier alpha value is -1.55. The molecule has 1 N–H and O–H groups in total. The van der Waals surface area contributed by atoms with Crippen molar-refractivity contribution >= 4 is 5.97 Å². The Morgan fingerprint density at radius 1 is 1.22 bits per heavy atom. The maximum absolute atomic E-state index is 10.9. The second-order valence-corrected chi connectivity index (χ2v) is 4.27. The quantitative estimate of drug-likeness (QED) is 0.616. The molecule has 1 rings (SSSR count). The van der Waals surface area contributed by atoms with Gasteiger partial charge >= 0.3 is 5.97 Å². The average Bonchev–Trinajstić information content (AvgIpc) is 2.34. The van der Waals surface area contributed by atoms with Gasteiger partial charge in [0.05, 0.1) is 20.8 Å². The zero-order chi connectivity index (χ0) is 13.5. The smallest absolute Gasteiger partial charge is 0.319 e. The molecule has 0 spiro atoms. The summed E-state index contributed by atoms with van der Waals surface area (Å²) in [5.74, 6) is 0.707. The number of aryl methyl sites for hydroxylation is 2. The molecule has 1 aromatic carbocycles. The van der Waals surface area contributed by atoms with E-state index >= 15 is 0 Å². The molecule has 0 fully saturated rings. The molecule has 0 aliphatic carbocycles. The zero-order valence-electron chi connectivity index (χ0n) is 11.5. The monoisotopic (exact) mass is 251 g/mol. The Bertz CT molecular complexity index is 392. The summed E-state index contributed by atoms with van der Waals surface area (Å²) >= 11 is 0. The maximum Gasteiger partial charge on any atom is 0.319 e. The molecule has 0 amide bonds. The summed E-state index contributed by atoms with van der Waals surface area (Å²) in [5.41, 5.74) is 3.52. The normalized spacial score (nSPS) is 10.2. The Labute approximate surface area is 108 Å². The lowest BCUT2D eigenvalue weighted by Crippen LogP contribution is -2.25. The second kappa shape index (κ2) is 7.01. The van der Waals surface area contributed by atoms with Crippen molar-refractivity contribution in [1.29, 1.82) is 0 Å². The summed E-state index contributed by atoms with van der Waals surface area (Å²) in [7, 11) is 3.08. The van der Waals surface area contributed by atoms with Crippen LogP contribution in [0.5, 0.6) is 5.75 Å². The summed E-state index contributed by atoms with van der Waals surface area (Å²) in [6.07, 6.45) is 0.878. The summed E-state index contributed by atoms with van der Waals surface area (Å²) in [6, 6.07) is 4.23. The van der Waals surface area contributed by atoms with Gasteiger partial charge in [0.25, 0.3) is 0 Å². The number of hydrogen-bond donors (Lipinski definition) is 1. The molecule has 0 radical (unpaired) electrons. The van der Waals surface area contributed by atoms with Gasteiger partial charge in [-0.25, -0.2) is 0 Å². The number of ether oxygens (including phenoxy) is 2. The van der Waals surface area contributed by atoms with E-state index in [0.717, 1.165) is 29.8 Å². The van der Waals surface area contributed by atoms with Crippen LogP contribution in [-0.2, 0) is 16.0 Å². The lowest BCUT2D eigenvalue weighted by Gasteiger charge is -2.11. The van der Waals surface area contributed by atoms with Gasteiger partial charge in [0.15, 0.2) is 0 Å². The third kappa shape index (κ3) is 4.04. The molecule has 0 atom stereocenters. The van der Waals surface area contributed by atoms with Gasteiger partial charge in [0.1, 0.15) is 5.75 Å². The SMILES string of the molecule is COC(=O)CNCCc1cc(C)c(OC)c(C)c1. The largest absolute Gasteiger partial charge is 0.496 e. The van der Waals surface area contributed by atoms with E-state index in [-0.39, 0.29) is 12.5 Å². The van der Waals surface area contributed by atoms with Crippen molar-refractivity contribution < 1.29 is 14.3 Å². The Kier molecular flexibility index (Phi) is 5.65. The van der Waals surface area contributed by atoms with Crippen molar-refractivity contribution in [3.63, 3.8) is 0 Å². The van der Waals surface area contributed by atoms with Crippen LogP contribution in [0.3, 0.4) is 0 Å². The van der Waals surface area contributed by atoms with Crippen LogP contribution in [0.15, 0.2) is 12.1 Å². The minimum absolute atomic E-state index is 0.239. The highest BCUT2D eigenvalue weighted by Crippen LogP contribution is 2.24. The molecule has 0 aromatic heterocycles. The Morgan fingerprint density at radius 3 is 2.33 bits per heavy atom. The van der Waals surface area contributed by atoms with Crippen molar-refractivity contribution in [2.45, 2.75) is 20.3 Å². The third-order valence-corrected chi connectivity index (χ3v) is 2.81. The fourth-order valence-corrected chi connectivity index (χ4v) is 2.00. The minimum Gasteiger partial charge on any atom is -0.496 e. The van der Waals surface area contributed by atoms with Crippen LogP contribution in [0.25, 0.3) is 0 Å². The van der Waals surface area contributed by atoms with Gasteiger partial charge in [0.2, 0.25) is 0 Å². The van der Waals surface area contributed by atoms with E-state index in [1.807, 2.05) is 13.8 Å². The van der Waals surface area contributed by atoms with Crippen LogP contribution >= 0.6 is 0 Å². The summed E-state index contributed by atoms with van der Waals surface area (Å²) in [5, 5.41) is 3.05. The highest BCUT2D eigenvalue weighted by molar-refractivity contribution is 5.71. The molecule has 0 heterocycles. The van der Waals surface area contributed by atoms with E-state index in [1.54, 1.807) is 7.11 Å². The van der Waals surface area contributed by atoms with Crippen LogP contribution in [0, 0.1) is 13.8 Å². The highest BCUT2D eigenvalue weighted by atomic mass is 16.5. The number of nitrogens with one attached hydrogen (secondary N) is 1. The first-order chi connectivity index (χ1) is 8.58.